The molecular formula is C21H27ClN2O2S. The highest BCUT2D eigenvalue weighted by atomic mass is 35.5. The number of nitrogens with one attached hydrogen (secondary N) is 1. The maximum Gasteiger partial charge on any atom is 0.240 e. The van der Waals surface area contributed by atoms with Crippen molar-refractivity contribution in [1.82, 2.24) is 9.62 Å². The van der Waals surface area contributed by atoms with Gasteiger partial charge in [0.15, 0.2) is 0 Å². The molecule has 0 aromatic heterocycles. The second kappa shape index (κ2) is 9.69. The van der Waals surface area contributed by atoms with Gasteiger partial charge in [0.1, 0.15) is 0 Å². The van der Waals surface area contributed by atoms with Gasteiger partial charge >= 0.3 is 0 Å². The molecule has 0 bridgehead atoms. The first-order valence-electron chi connectivity index (χ1n) is 9.52. The quantitative estimate of drug-likeness (QED) is 0.642. The monoisotopic (exact) mass is 406 g/mol. The molecule has 1 saturated heterocycles. The molecule has 6 heteroatoms. The molecule has 1 heterocycles. The largest absolute Gasteiger partial charge is 0.299 e. The molecular weight excluding hydrogens is 380 g/mol. The van der Waals surface area contributed by atoms with Gasteiger partial charge in [-0.3, -0.25) is 4.90 Å². The van der Waals surface area contributed by atoms with Crippen molar-refractivity contribution in [2.75, 3.05) is 19.0 Å². The highest BCUT2D eigenvalue weighted by Gasteiger charge is 2.16. The molecule has 4 nitrogen and oxygen atoms in total. The van der Waals surface area contributed by atoms with Crippen LogP contribution in [0.1, 0.15) is 36.0 Å². The number of benzene rings is 2. The van der Waals surface area contributed by atoms with E-state index in [1.807, 2.05) is 30.3 Å². The van der Waals surface area contributed by atoms with E-state index in [9.17, 15) is 8.42 Å². The smallest absolute Gasteiger partial charge is 0.240 e. The van der Waals surface area contributed by atoms with E-state index in [4.69, 9.17) is 11.6 Å². The molecule has 2 aromatic carbocycles. The number of hydrogen-bond donors (Lipinski definition) is 1. The minimum atomic E-state index is -3.53. The van der Waals surface area contributed by atoms with E-state index in [1.54, 1.807) is 12.1 Å². The first kappa shape index (κ1) is 20.3. The van der Waals surface area contributed by atoms with Crippen LogP contribution in [-0.4, -0.2) is 32.3 Å². The van der Waals surface area contributed by atoms with E-state index >= 15 is 0 Å². The Labute approximate surface area is 167 Å². The van der Waals surface area contributed by atoms with Crippen molar-refractivity contribution >= 4 is 21.6 Å². The zero-order valence-corrected chi connectivity index (χ0v) is 17.1. The van der Waals surface area contributed by atoms with Crippen LogP contribution in [0.2, 0.25) is 0 Å². The molecule has 27 heavy (non-hydrogen) atoms. The molecule has 146 valence electrons. The lowest BCUT2D eigenvalue weighted by atomic mass is 10.1. The predicted molar refractivity (Wildman–Crippen MR) is 110 cm³/mol. The number of aryl methyl sites for hydroxylation is 1. The number of sulfonamides is 1. The van der Waals surface area contributed by atoms with Gasteiger partial charge in [0.05, 0.1) is 4.90 Å². The maximum atomic E-state index is 12.6. The van der Waals surface area contributed by atoms with Crippen LogP contribution in [0.4, 0.5) is 0 Å². The van der Waals surface area contributed by atoms with Gasteiger partial charge in [-0.15, -0.1) is 11.6 Å². The van der Waals surface area contributed by atoms with Crippen molar-refractivity contribution in [3.05, 3.63) is 65.2 Å². The third-order valence-electron chi connectivity index (χ3n) is 5.00. The standard InChI is InChI=1S/C21H27ClN2O2S/c22-13-5-6-18-9-11-21(12-10-18)27(25,26)23-16-19-7-1-2-8-20(19)17-24-14-3-4-15-24/h1-2,7-12,23H,3-6,13-17H2. The average Bonchev–Trinajstić information content (AvgIpc) is 3.19. The van der Waals surface area contributed by atoms with Crippen molar-refractivity contribution in [3.8, 4) is 0 Å². The summed E-state index contributed by atoms with van der Waals surface area (Å²) in [6, 6.07) is 15.1. The SMILES string of the molecule is O=S(=O)(NCc1ccccc1CN1CCCC1)c1ccc(CCCCl)cc1. The molecule has 0 aliphatic carbocycles. The van der Waals surface area contributed by atoms with Crippen LogP contribution in [0.25, 0.3) is 0 Å². The summed E-state index contributed by atoms with van der Waals surface area (Å²) in [5, 5.41) is 0. The summed E-state index contributed by atoms with van der Waals surface area (Å²) >= 11 is 5.71. The second-order valence-corrected chi connectivity index (χ2v) is 9.16. The lowest BCUT2D eigenvalue weighted by molar-refractivity contribution is 0.330. The zero-order chi connectivity index (χ0) is 19.1. The molecule has 1 fully saturated rings. The van der Waals surface area contributed by atoms with E-state index in [0.717, 1.165) is 43.6 Å². The number of halogens is 1. The molecule has 0 amide bonds. The van der Waals surface area contributed by atoms with E-state index in [-0.39, 0.29) is 0 Å². The Morgan fingerprint density at radius 3 is 2.30 bits per heavy atom. The molecule has 2 aromatic rings. The minimum absolute atomic E-state index is 0.300. The maximum absolute atomic E-state index is 12.6. The average molecular weight is 407 g/mol. The van der Waals surface area contributed by atoms with Crippen LogP contribution in [0.3, 0.4) is 0 Å². The molecule has 0 atom stereocenters. The van der Waals surface area contributed by atoms with Crippen LogP contribution in [-0.2, 0) is 29.5 Å². The summed E-state index contributed by atoms with van der Waals surface area (Å²) in [6.45, 7) is 3.43. The van der Waals surface area contributed by atoms with Gasteiger partial charge in [-0.2, -0.15) is 0 Å². The van der Waals surface area contributed by atoms with Gasteiger partial charge in [-0.05, 0) is 67.6 Å². The second-order valence-electron chi connectivity index (χ2n) is 7.01. The summed E-state index contributed by atoms with van der Waals surface area (Å²) in [6.07, 6.45) is 4.24. The van der Waals surface area contributed by atoms with Crippen LogP contribution in [0.5, 0.6) is 0 Å². The van der Waals surface area contributed by atoms with Crippen molar-refractivity contribution < 1.29 is 8.42 Å². The van der Waals surface area contributed by atoms with E-state index in [2.05, 4.69) is 15.7 Å². The number of alkyl halides is 1. The van der Waals surface area contributed by atoms with E-state index in [1.165, 1.54) is 18.4 Å². The Hall–Kier alpha value is -1.40. The molecule has 0 radical (unpaired) electrons. The molecule has 1 N–H and O–H groups in total. The van der Waals surface area contributed by atoms with Crippen molar-refractivity contribution in [1.29, 1.82) is 0 Å². The lowest BCUT2D eigenvalue weighted by Gasteiger charge is -2.17. The zero-order valence-electron chi connectivity index (χ0n) is 15.5. The molecule has 0 saturated carbocycles. The van der Waals surface area contributed by atoms with Crippen LogP contribution < -0.4 is 4.72 Å². The van der Waals surface area contributed by atoms with Gasteiger partial charge in [0.25, 0.3) is 0 Å². The van der Waals surface area contributed by atoms with Crippen molar-refractivity contribution in [2.24, 2.45) is 0 Å². The summed E-state index contributed by atoms with van der Waals surface area (Å²) in [4.78, 5) is 2.72. The van der Waals surface area contributed by atoms with Crippen molar-refractivity contribution in [3.63, 3.8) is 0 Å². The highest BCUT2D eigenvalue weighted by molar-refractivity contribution is 7.89. The first-order chi connectivity index (χ1) is 13.1. The fourth-order valence-corrected chi connectivity index (χ4v) is 4.57. The van der Waals surface area contributed by atoms with Gasteiger partial charge in [-0.25, -0.2) is 13.1 Å². The van der Waals surface area contributed by atoms with E-state index < -0.39 is 10.0 Å². The molecule has 3 rings (SSSR count). The minimum Gasteiger partial charge on any atom is -0.299 e. The third-order valence-corrected chi connectivity index (χ3v) is 6.68. The summed E-state index contributed by atoms with van der Waals surface area (Å²) in [5.41, 5.74) is 3.33. The van der Waals surface area contributed by atoms with Gasteiger partial charge in [0, 0.05) is 19.0 Å². The Morgan fingerprint density at radius 2 is 1.63 bits per heavy atom. The molecule has 0 spiro atoms. The fraction of sp³-hybridized carbons (Fsp3) is 0.429. The Bertz CT molecular complexity index is 832. The summed E-state index contributed by atoms with van der Waals surface area (Å²) < 4.78 is 28.0. The number of likely N-dealkylation sites (tertiary alicyclic amines) is 1. The summed E-state index contributed by atoms with van der Waals surface area (Å²) in [5.74, 6) is 0.610. The van der Waals surface area contributed by atoms with Gasteiger partial charge < -0.3 is 0 Å². The Morgan fingerprint density at radius 1 is 0.963 bits per heavy atom. The summed E-state index contributed by atoms with van der Waals surface area (Å²) in [7, 11) is -3.53. The third kappa shape index (κ3) is 5.79. The molecule has 1 aliphatic heterocycles. The number of hydrogen-bond acceptors (Lipinski definition) is 3. The van der Waals surface area contributed by atoms with Gasteiger partial charge in [0.2, 0.25) is 10.0 Å². The fourth-order valence-electron chi connectivity index (χ4n) is 3.43. The van der Waals surface area contributed by atoms with Crippen LogP contribution in [0, 0.1) is 0 Å². The topological polar surface area (TPSA) is 49.4 Å². The first-order valence-corrected chi connectivity index (χ1v) is 11.5. The Balaban J connectivity index is 1.65. The van der Waals surface area contributed by atoms with Crippen molar-refractivity contribution in [2.45, 2.75) is 43.7 Å². The van der Waals surface area contributed by atoms with Gasteiger partial charge in [-0.1, -0.05) is 36.4 Å². The number of nitrogens with zero attached hydrogens (tertiary/aromatic N) is 1. The molecule has 1 aliphatic rings. The Kier molecular flexibility index (Phi) is 7.30. The highest BCUT2D eigenvalue weighted by Crippen LogP contribution is 2.17. The van der Waals surface area contributed by atoms with E-state index in [0.29, 0.717) is 17.3 Å². The predicted octanol–water partition coefficient (Wildman–Crippen LogP) is 3.93. The normalized spacial score (nSPS) is 15.3. The molecule has 0 unspecified atom stereocenters. The van der Waals surface area contributed by atoms with Crippen LogP contribution in [0.15, 0.2) is 53.4 Å². The van der Waals surface area contributed by atoms with Crippen LogP contribution >= 0.6 is 11.6 Å². The number of rotatable bonds is 9. The lowest BCUT2D eigenvalue weighted by Crippen LogP contribution is -2.25.